The van der Waals surface area contributed by atoms with Crippen molar-refractivity contribution in [2.24, 2.45) is 0 Å². The van der Waals surface area contributed by atoms with Crippen LogP contribution in [-0.2, 0) is 12.8 Å². The van der Waals surface area contributed by atoms with Crippen LogP contribution in [0.5, 0.6) is 11.5 Å². The summed E-state index contributed by atoms with van der Waals surface area (Å²) in [5.74, 6) is 0.278. The lowest BCUT2D eigenvalue weighted by molar-refractivity contribution is 0.451. The maximum Gasteiger partial charge on any atom is 0.158 e. The van der Waals surface area contributed by atoms with Gasteiger partial charge in [0.2, 0.25) is 0 Å². The highest BCUT2D eigenvalue weighted by Crippen LogP contribution is 2.20. The molecule has 2 N–H and O–H groups in total. The lowest BCUT2D eigenvalue weighted by atomic mass is 10.1. The predicted molar refractivity (Wildman–Crippen MR) is 61.7 cm³/mol. The molecule has 0 aliphatic rings. The van der Waals surface area contributed by atoms with Crippen molar-refractivity contribution < 1.29 is 10.2 Å². The molecule has 0 fully saturated rings. The molecule has 0 amide bonds. The number of rotatable bonds is 3. The van der Waals surface area contributed by atoms with Crippen LogP contribution in [0.4, 0.5) is 0 Å². The van der Waals surface area contributed by atoms with Gasteiger partial charge in [0.1, 0.15) is 12.1 Å². The van der Waals surface area contributed by atoms with E-state index in [1.165, 1.54) is 6.33 Å². The van der Waals surface area contributed by atoms with E-state index in [0.29, 0.717) is 29.9 Å². The fraction of sp³-hybridized carbons (Fsp3) is 0.250. The number of hydrogen-bond donors (Lipinski definition) is 2. The molecule has 5 heteroatoms. The van der Waals surface area contributed by atoms with Gasteiger partial charge in [-0.1, -0.05) is 0 Å². The van der Waals surface area contributed by atoms with Crippen LogP contribution in [0.25, 0.3) is 0 Å². The first-order valence-electron chi connectivity index (χ1n) is 5.31. The third-order valence-corrected chi connectivity index (χ3v) is 2.55. The maximum atomic E-state index is 9.74. The highest BCUT2D eigenvalue weighted by atomic mass is 16.3. The lowest BCUT2D eigenvalue weighted by Crippen LogP contribution is -1.99. The van der Waals surface area contributed by atoms with Gasteiger partial charge in [0.05, 0.1) is 17.1 Å². The summed E-state index contributed by atoms with van der Waals surface area (Å²) in [4.78, 5) is 12.0. The van der Waals surface area contributed by atoms with E-state index < -0.39 is 0 Å². The molecule has 0 spiro atoms. The van der Waals surface area contributed by atoms with Crippen LogP contribution >= 0.6 is 0 Å². The molecule has 0 aromatic carbocycles. The van der Waals surface area contributed by atoms with Crippen molar-refractivity contribution in [2.45, 2.75) is 19.8 Å². The molecule has 5 nitrogen and oxygen atoms in total. The zero-order chi connectivity index (χ0) is 12.3. The first-order valence-corrected chi connectivity index (χ1v) is 5.31. The van der Waals surface area contributed by atoms with Crippen molar-refractivity contribution in [3.63, 3.8) is 0 Å². The Morgan fingerprint density at radius 1 is 1.06 bits per heavy atom. The molecule has 2 heterocycles. The third-order valence-electron chi connectivity index (χ3n) is 2.55. The average molecular weight is 231 g/mol. The standard InChI is InChI=1S/C12H13N3O2/c1-8-12(17)10(15-7-14-8)5-4-9-11(16)3-2-6-13-9/h2-3,6-7,16-17H,4-5H2,1H3. The first kappa shape index (κ1) is 11.3. The van der Waals surface area contributed by atoms with Crippen LogP contribution in [-0.4, -0.2) is 25.2 Å². The summed E-state index contributed by atoms with van der Waals surface area (Å²) in [7, 11) is 0. The summed E-state index contributed by atoms with van der Waals surface area (Å²) in [5, 5.41) is 19.3. The summed E-state index contributed by atoms with van der Waals surface area (Å²) < 4.78 is 0. The van der Waals surface area contributed by atoms with Gasteiger partial charge in [0.25, 0.3) is 0 Å². The summed E-state index contributed by atoms with van der Waals surface area (Å²) in [5.41, 5.74) is 1.73. The number of aryl methyl sites for hydroxylation is 3. The monoisotopic (exact) mass is 231 g/mol. The number of nitrogens with zero attached hydrogens (tertiary/aromatic N) is 3. The van der Waals surface area contributed by atoms with Gasteiger partial charge in [0, 0.05) is 6.20 Å². The van der Waals surface area contributed by atoms with Crippen molar-refractivity contribution in [3.8, 4) is 11.5 Å². The van der Waals surface area contributed by atoms with Gasteiger partial charge in [-0.05, 0) is 31.9 Å². The molecule has 0 unspecified atom stereocenters. The average Bonchev–Trinajstić information content (AvgIpc) is 2.33. The van der Waals surface area contributed by atoms with E-state index in [1.54, 1.807) is 25.3 Å². The number of pyridine rings is 1. The second-order valence-corrected chi connectivity index (χ2v) is 3.72. The Morgan fingerprint density at radius 3 is 2.59 bits per heavy atom. The molecular formula is C12H13N3O2. The van der Waals surface area contributed by atoms with Crippen molar-refractivity contribution in [1.29, 1.82) is 0 Å². The molecule has 0 atom stereocenters. The van der Waals surface area contributed by atoms with E-state index in [9.17, 15) is 10.2 Å². The zero-order valence-corrected chi connectivity index (χ0v) is 9.46. The second kappa shape index (κ2) is 4.78. The third kappa shape index (κ3) is 2.50. The predicted octanol–water partition coefficient (Wildman–Crippen LogP) is 1.38. The quantitative estimate of drug-likeness (QED) is 0.834. The Bertz CT molecular complexity index is 529. The number of aromatic nitrogens is 3. The van der Waals surface area contributed by atoms with Gasteiger partial charge < -0.3 is 10.2 Å². The molecule has 0 saturated heterocycles. The van der Waals surface area contributed by atoms with Crippen molar-refractivity contribution in [3.05, 3.63) is 41.7 Å². The van der Waals surface area contributed by atoms with E-state index in [1.807, 2.05) is 0 Å². The molecule has 2 aromatic heterocycles. The normalized spacial score (nSPS) is 10.4. The van der Waals surface area contributed by atoms with E-state index in [0.717, 1.165) is 0 Å². The van der Waals surface area contributed by atoms with E-state index in [2.05, 4.69) is 15.0 Å². The fourth-order valence-corrected chi connectivity index (χ4v) is 1.56. The largest absolute Gasteiger partial charge is 0.506 e. The molecule has 0 radical (unpaired) electrons. The van der Waals surface area contributed by atoms with Crippen molar-refractivity contribution >= 4 is 0 Å². The molecule has 88 valence electrons. The molecule has 2 rings (SSSR count). The Kier molecular flexibility index (Phi) is 3.18. The van der Waals surface area contributed by atoms with Gasteiger partial charge in [-0.2, -0.15) is 0 Å². The van der Waals surface area contributed by atoms with Gasteiger partial charge >= 0.3 is 0 Å². The van der Waals surface area contributed by atoms with Crippen LogP contribution in [0.1, 0.15) is 17.1 Å². The van der Waals surface area contributed by atoms with Crippen LogP contribution in [0.15, 0.2) is 24.7 Å². The second-order valence-electron chi connectivity index (χ2n) is 3.72. The molecule has 17 heavy (non-hydrogen) atoms. The first-order chi connectivity index (χ1) is 8.18. The minimum absolute atomic E-state index is 0.114. The highest BCUT2D eigenvalue weighted by molar-refractivity contribution is 5.31. The summed E-state index contributed by atoms with van der Waals surface area (Å²) in [6.07, 6.45) is 4.08. The van der Waals surface area contributed by atoms with Crippen molar-refractivity contribution in [1.82, 2.24) is 15.0 Å². The molecule has 0 saturated carbocycles. The van der Waals surface area contributed by atoms with Crippen LogP contribution in [0.2, 0.25) is 0 Å². The fourth-order valence-electron chi connectivity index (χ4n) is 1.56. The topological polar surface area (TPSA) is 79.1 Å². The zero-order valence-electron chi connectivity index (χ0n) is 9.46. The Balaban J connectivity index is 2.13. The smallest absolute Gasteiger partial charge is 0.158 e. The minimum Gasteiger partial charge on any atom is -0.506 e. The molecule has 0 bridgehead atoms. The lowest BCUT2D eigenvalue weighted by Gasteiger charge is -2.05. The van der Waals surface area contributed by atoms with Crippen molar-refractivity contribution in [2.75, 3.05) is 0 Å². The highest BCUT2D eigenvalue weighted by Gasteiger charge is 2.08. The molecule has 2 aromatic rings. The van der Waals surface area contributed by atoms with E-state index >= 15 is 0 Å². The number of aromatic hydroxyl groups is 2. The molecule has 0 aliphatic carbocycles. The Hall–Kier alpha value is -2.17. The van der Waals surface area contributed by atoms with Gasteiger partial charge in [-0.15, -0.1) is 0 Å². The van der Waals surface area contributed by atoms with E-state index in [4.69, 9.17) is 0 Å². The SMILES string of the molecule is Cc1ncnc(CCc2ncccc2O)c1O. The summed E-state index contributed by atoms with van der Waals surface area (Å²) in [6, 6.07) is 3.26. The van der Waals surface area contributed by atoms with Crippen LogP contribution in [0.3, 0.4) is 0 Å². The van der Waals surface area contributed by atoms with E-state index in [-0.39, 0.29) is 11.5 Å². The summed E-state index contributed by atoms with van der Waals surface area (Å²) in [6.45, 7) is 1.72. The minimum atomic E-state index is 0.114. The molecular weight excluding hydrogens is 218 g/mol. The Morgan fingerprint density at radius 2 is 1.82 bits per heavy atom. The Labute approximate surface area is 98.8 Å². The van der Waals surface area contributed by atoms with Gasteiger partial charge in [-0.3, -0.25) is 4.98 Å². The molecule has 0 aliphatic heterocycles. The van der Waals surface area contributed by atoms with Gasteiger partial charge in [-0.25, -0.2) is 9.97 Å². The summed E-state index contributed by atoms with van der Waals surface area (Å²) >= 11 is 0. The maximum absolute atomic E-state index is 9.74. The van der Waals surface area contributed by atoms with Crippen LogP contribution in [0, 0.1) is 6.92 Å². The number of hydrogen-bond acceptors (Lipinski definition) is 5. The van der Waals surface area contributed by atoms with Crippen LogP contribution < -0.4 is 0 Å². The van der Waals surface area contributed by atoms with Gasteiger partial charge in [0.15, 0.2) is 5.75 Å².